The van der Waals surface area contributed by atoms with Crippen LogP contribution in [-0.4, -0.2) is 54.0 Å². The first-order chi connectivity index (χ1) is 10.2. The highest BCUT2D eigenvalue weighted by Crippen LogP contribution is 2.32. The molecule has 112 valence electrons. The van der Waals surface area contributed by atoms with E-state index in [1.54, 1.807) is 19.2 Å². The van der Waals surface area contributed by atoms with Crippen LogP contribution in [0.4, 0.5) is 0 Å². The molecule has 7 heteroatoms. The van der Waals surface area contributed by atoms with E-state index < -0.39 is 0 Å². The second-order valence-corrected chi connectivity index (χ2v) is 4.96. The number of methoxy groups -OCH3 is 1. The summed E-state index contributed by atoms with van der Waals surface area (Å²) in [6.07, 6.45) is -0.214. The number of morpholine rings is 1. The molecule has 1 saturated heterocycles. The van der Waals surface area contributed by atoms with Crippen LogP contribution in [0.15, 0.2) is 22.7 Å². The summed E-state index contributed by atoms with van der Waals surface area (Å²) < 4.78 is 16.0. The lowest BCUT2D eigenvalue weighted by Gasteiger charge is -2.27. The average molecular weight is 291 g/mol. The van der Waals surface area contributed by atoms with Crippen LogP contribution >= 0.6 is 0 Å². The quantitative estimate of drug-likeness (QED) is 0.916. The maximum atomic E-state index is 9.92. The van der Waals surface area contributed by atoms with Crippen molar-refractivity contribution in [1.82, 2.24) is 15.0 Å². The van der Waals surface area contributed by atoms with Crippen LogP contribution in [0.25, 0.3) is 11.5 Å². The summed E-state index contributed by atoms with van der Waals surface area (Å²) in [5.41, 5.74) is 0.442. The Kier molecular flexibility index (Phi) is 3.76. The van der Waals surface area contributed by atoms with Gasteiger partial charge in [-0.15, -0.1) is 0 Å². The topological polar surface area (TPSA) is 80.9 Å². The van der Waals surface area contributed by atoms with Crippen molar-refractivity contribution in [2.24, 2.45) is 0 Å². The Morgan fingerprint density at radius 1 is 1.43 bits per heavy atom. The number of benzene rings is 1. The van der Waals surface area contributed by atoms with Gasteiger partial charge in [-0.3, -0.25) is 0 Å². The second-order valence-electron chi connectivity index (χ2n) is 4.96. The zero-order valence-corrected chi connectivity index (χ0v) is 11.9. The SMILES string of the molecule is COc1ccc(O)c(-c2nc(C3CN(C)CCO3)no2)c1. The standard InChI is InChI=1S/C14H17N3O4/c1-17-5-6-20-12(8-17)13-15-14(21-16-13)10-7-9(19-2)3-4-11(10)18/h3-4,7,12,18H,5-6,8H2,1-2H3. The van der Waals surface area contributed by atoms with Gasteiger partial charge in [0, 0.05) is 13.1 Å². The van der Waals surface area contributed by atoms with Crippen molar-refractivity contribution in [3.63, 3.8) is 0 Å². The van der Waals surface area contributed by atoms with Crippen molar-refractivity contribution in [1.29, 1.82) is 0 Å². The van der Waals surface area contributed by atoms with Crippen molar-refractivity contribution in [2.75, 3.05) is 33.9 Å². The minimum Gasteiger partial charge on any atom is -0.507 e. The van der Waals surface area contributed by atoms with E-state index in [9.17, 15) is 5.11 Å². The van der Waals surface area contributed by atoms with E-state index >= 15 is 0 Å². The third-order valence-electron chi connectivity index (χ3n) is 3.43. The van der Waals surface area contributed by atoms with Gasteiger partial charge in [-0.05, 0) is 25.2 Å². The van der Waals surface area contributed by atoms with Gasteiger partial charge in [0.25, 0.3) is 5.89 Å². The number of hydrogen-bond donors (Lipinski definition) is 1. The minimum absolute atomic E-state index is 0.0627. The van der Waals surface area contributed by atoms with Crippen LogP contribution in [0.1, 0.15) is 11.9 Å². The zero-order valence-electron chi connectivity index (χ0n) is 11.9. The molecule has 0 saturated carbocycles. The highest BCUT2D eigenvalue weighted by molar-refractivity contribution is 5.64. The van der Waals surface area contributed by atoms with Crippen LogP contribution in [-0.2, 0) is 4.74 Å². The van der Waals surface area contributed by atoms with Crippen LogP contribution in [0.2, 0.25) is 0 Å². The molecule has 3 rings (SSSR count). The van der Waals surface area contributed by atoms with Gasteiger partial charge in [-0.2, -0.15) is 4.98 Å². The number of phenols is 1. The number of hydrogen-bond acceptors (Lipinski definition) is 7. The number of likely N-dealkylation sites (N-methyl/N-ethyl adjacent to an activating group) is 1. The first kappa shape index (κ1) is 13.8. The summed E-state index contributed by atoms with van der Waals surface area (Å²) in [6, 6.07) is 4.85. The van der Waals surface area contributed by atoms with E-state index in [0.29, 0.717) is 30.3 Å². The summed E-state index contributed by atoms with van der Waals surface area (Å²) in [7, 11) is 3.57. The predicted molar refractivity (Wildman–Crippen MR) is 74.1 cm³/mol. The lowest BCUT2D eigenvalue weighted by molar-refractivity contribution is -0.0264. The van der Waals surface area contributed by atoms with Crippen molar-refractivity contribution in [2.45, 2.75) is 6.10 Å². The molecular weight excluding hydrogens is 274 g/mol. The van der Waals surface area contributed by atoms with Crippen molar-refractivity contribution in [3.8, 4) is 23.0 Å². The van der Waals surface area contributed by atoms with Gasteiger partial charge >= 0.3 is 0 Å². The molecule has 0 amide bonds. The number of rotatable bonds is 3. The molecule has 0 radical (unpaired) electrons. The predicted octanol–water partition coefficient (Wildman–Crippen LogP) is 1.45. The van der Waals surface area contributed by atoms with E-state index in [-0.39, 0.29) is 17.7 Å². The minimum atomic E-state index is -0.214. The fourth-order valence-electron chi connectivity index (χ4n) is 2.22. The smallest absolute Gasteiger partial charge is 0.261 e. The molecule has 21 heavy (non-hydrogen) atoms. The van der Waals surface area contributed by atoms with Gasteiger partial charge in [-0.25, -0.2) is 0 Å². The molecule has 0 spiro atoms. The number of aromatic hydroxyl groups is 1. The molecule has 1 atom stereocenters. The lowest BCUT2D eigenvalue weighted by Crippen LogP contribution is -2.35. The molecule has 1 aliphatic rings. The summed E-state index contributed by atoms with van der Waals surface area (Å²) in [5.74, 6) is 1.40. The van der Waals surface area contributed by atoms with E-state index in [1.807, 2.05) is 7.05 Å². The first-order valence-corrected chi connectivity index (χ1v) is 6.68. The Labute approximate surface area is 122 Å². The zero-order chi connectivity index (χ0) is 14.8. The Bertz CT molecular complexity index is 628. The fraction of sp³-hybridized carbons (Fsp3) is 0.429. The maximum Gasteiger partial charge on any atom is 0.261 e. The number of phenolic OH excluding ortho intramolecular Hbond substituents is 1. The van der Waals surface area contributed by atoms with Crippen LogP contribution in [0, 0.1) is 0 Å². The van der Waals surface area contributed by atoms with E-state index in [2.05, 4.69) is 15.0 Å². The summed E-state index contributed by atoms with van der Waals surface area (Å²) in [6.45, 7) is 2.23. The second kappa shape index (κ2) is 5.71. The Morgan fingerprint density at radius 2 is 2.29 bits per heavy atom. The lowest BCUT2D eigenvalue weighted by atomic mass is 10.2. The molecule has 2 heterocycles. The molecule has 7 nitrogen and oxygen atoms in total. The molecule has 2 aromatic rings. The van der Waals surface area contributed by atoms with Gasteiger partial charge in [0.1, 0.15) is 17.6 Å². The molecule has 1 aliphatic heterocycles. The van der Waals surface area contributed by atoms with Gasteiger partial charge in [0.15, 0.2) is 0 Å². The largest absolute Gasteiger partial charge is 0.507 e. The van der Waals surface area contributed by atoms with Crippen LogP contribution < -0.4 is 4.74 Å². The molecule has 1 N–H and O–H groups in total. The van der Waals surface area contributed by atoms with E-state index in [4.69, 9.17) is 14.0 Å². The van der Waals surface area contributed by atoms with Crippen molar-refractivity contribution < 1.29 is 19.1 Å². The summed E-state index contributed by atoms with van der Waals surface area (Å²) in [5, 5.41) is 13.9. The fourth-order valence-corrected chi connectivity index (χ4v) is 2.22. The van der Waals surface area contributed by atoms with Crippen molar-refractivity contribution >= 4 is 0 Å². The molecule has 1 aromatic heterocycles. The number of nitrogens with zero attached hydrogens (tertiary/aromatic N) is 3. The van der Waals surface area contributed by atoms with Gasteiger partial charge in [-0.1, -0.05) is 5.16 Å². The van der Waals surface area contributed by atoms with Crippen LogP contribution in [0.3, 0.4) is 0 Å². The number of aromatic nitrogens is 2. The molecule has 1 fully saturated rings. The third-order valence-corrected chi connectivity index (χ3v) is 3.43. The van der Waals surface area contributed by atoms with E-state index in [0.717, 1.165) is 6.54 Å². The van der Waals surface area contributed by atoms with Crippen LogP contribution in [0.5, 0.6) is 11.5 Å². The Morgan fingerprint density at radius 3 is 3.05 bits per heavy atom. The van der Waals surface area contributed by atoms with Gasteiger partial charge in [0.05, 0.1) is 19.3 Å². The highest BCUT2D eigenvalue weighted by atomic mass is 16.5. The maximum absolute atomic E-state index is 9.92. The first-order valence-electron chi connectivity index (χ1n) is 6.68. The molecular formula is C14H17N3O4. The highest BCUT2D eigenvalue weighted by Gasteiger charge is 2.25. The molecule has 0 bridgehead atoms. The summed E-state index contributed by atoms with van der Waals surface area (Å²) in [4.78, 5) is 6.48. The molecule has 0 aliphatic carbocycles. The summed E-state index contributed by atoms with van der Waals surface area (Å²) >= 11 is 0. The van der Waals surface area contributed by atoms with Crippen molar-refractivity contribution in [3.05, 3.63) is 24.0 Å². The van der Waals surface area contributed by atoms with Gasteiger partial charge in [0.2, 0.25) is 5.82 Å². The average Bonchev–Trinajstić information content (AvgIpc) is 2.97. The van der Waals surface area contributed by atoms with Gasteiger partial charge < -0.3 is 24.0 Å². The van der Waals surface area contributed by atoms with E-state index in [1.165, 1.54) is 6.07 Å². The third kappa shape index (κ3) is 2.84. The Hall–Kier alpha value is -2.12. The monoisotopic (exact) mass is 291 g/mol. The molecule has 1 unspecified atom stereocenters. The number of ether oxygens (including phenoxy) is 2. The molecule has 1 aromatic carbocycles. The Balaban J connectivity index is 1.87. The normalized spacial score (nSPS) is 19.6.